The molecule has 14 heavy (non-hydrogen) atoms. The van der Waals surface area contributed by atoms with Crippen molar-refractivity contribution in [2.45, 2.75) is 51.1 Å². The van der Waals surface area contributed by atoms with Crippen LogP contribution in [0.5, 0.6) is 0 Å². The van der Waals surface area contributed by atoms with Crippen molar-refractivity contribution >= 4 is 11.7 Å². The second-order valence-corrected chi connectivity index (χ2v) is 3.61. The Labute approximate surface area is 87.0 Å². The second kappa shape index (κ2) is 5.10. The standard InChI is InChI=1S/C10H18N2O2/c1-2-3-4-8(11)9(13)10(14)12-7-5-6-7/h7-8H,2-6,11H2,1H3,(H,12,14)/t8-/m0/s1/i2D2. The van der Waals surface area contributed by atoms with Crippen molar-refractivity contribution in [2.24, 2.45) is 5.73 Å². The first-order valence-electron chi connectivity index (χ1n) is 5.90. The molecule has 1 rings (SSSR count). The maximum Gasteiger partial charge on any atom is 0.289 e. The van der Waals surface area contributed by atoms with Gasteiger partial charge in [0.15, 0.2) is 0 Å². The van der Waals surface area contributed by atoms with Gasteiger partial charge in [-0.25, -0.2) is 0 Å². The fourth-order valence-electron chi connectivity index (χ4n) is 1.08. The van der Waals surface area contributed by atoms with E-state index in [0.717, 1.165) is 12.8 Å². The minimum absolute atomic E-state index is 0.140. The molecule has 4 nitrogen and oxygen atoms in total. The summed E-state index contributed by atoms with van der Waals surface area (Å²) < 4.78 is 14.6. The van der Waals surface area contributed by atoms with Crippen LogP contribution in [-0.4, -0.2) is 23.8 Å². The summed E-state index contributed by atoms with van der Waals surface area (Å²) in [6.45, 7) is 1.43. The van der Waals surface area contributed by atoms with Crippen LogP contribution >= 0.6 is 0 Å². The molecular formula is C10H18N2O2. The van der Waals surface area contributed by atoms with E-state index in [2.05, 4.69) is 5.32 Å². The summed E-state index contributed by atoms with van der Waals surface area (Å²) in [6, 6.07) is -0.755. The summed E-state index contributed by atoms with van der Waals surface area (Å²) in [5, 5.41) is 2.57. The lowest BCUT2D eigenvalue weighted by molar-refractivity contribution is -0.138. The SMILES string of the molecule is [2H]C([2H])(C)CC[C@H](N)C(=O)C(=O)NC1CC1. The number of ketones is 1. The molecule has 0 heterocycles. The van der Waals surface area contributed by atoms with Gasteiger partial charge in [0.05, 0.1) is 6.04 Å². The third-order valence-electron chi connectivity index (χ3n) is 2.18. The zero-order valence-corrected chi connectivity index (χ0v) is 8.38. The minimum Gasteiger partial charge on any atom is -0.347 e. The predicted molar refractivity (Wildman–Crippen MR) is 53.7 cm³/mol. The Morgan fingerprint density at radius 3 is 2.79 bits per heavy atom. The summed E-state index contributed by atoms with van der Waals surface area (Å²) in [5.74, 6) is -1.28. The van der Waals surface area contributed by atoms with Crippen molar-refractivity contribution in [1.29, 1.82) is 0 Å². The summed E-state index contributed by atoms with van der Waals surface area (Å²) in [7, 11) is 0. The van der Waals surface area contributed by atoms with E-state index in [4.69, 9.17) is 8.48 Å². The van der Waals surface area contributed by atoms with Gasteiger partial charge in [0.25, 0.3) is 5.91 Å². The van der Waals surface area contributed by atoms with Gasteiger partial charge in [-0.3, -0.25) is 9.59 Å². The van der Waals surface area contributed by atoms with Crippen LogP contribution in [0.15, 0.2) is 0 Å². The van der Waals surface area contributed by atoms with Gasteiger partial charge in [-0.15, -0.1) is 0 Å². The molecule has 0 radical (unpaired) electrons. The fourth-order valence-corrected chi connectivity index (χ4v) is 1.08. The molecule has 1 aliphatic rings. The molecule has 3 N–H and O–H groups in total. The first kappa shape index (κ1) is 8.41. The van der Waals surface area contributed by atoms with Crippen LogP contribution in [0, 0.1) is 0 Å². The highest BCUT2D eigenvalue weighted by Crippen LogP contribution is 2.18. The fraction of sp³-hybridized carbons (Fsp3) is 0.800. The maximum atomic E-state index is 11.5. The van der Waals surface area contributed by atoms with Crippen molar-refractivity contribution in [1.82, 2.24) is 5.32 Å². The molecule has 0 aromatic rings. The average molecular weight is 200 g/mol. The van der Waals surface area contributed by atoms with E-state index >= 15 is 0 Å². The number of amides is 1. The third kappa shape index (κ3) is 3.46. The van der Waals surface area contributed by atoms with Crippen molar-refractivity contribution in [3.05, 3.63) is 0 Å². The smallest absolute Gasteiger partial charge is 0.289 e. The highest BCUT2D eigenvalue weighted by Gasteiger charge is 2.28. The molecule has 0 spiro atoms. The van der Waals surface area contributed by atoms with Crippen LogP contribution in [-0.2, 0) is 9.59 Å². The number of rotatable bonds is 6. The van der Waals surface area contributed by atoms with Crippen molar-refractivity contribution < 1.29 is 12.3 Å². The van der Waals surface area contributed by atoms with Gasteiger partial charge in [-0.2, -0.15) is 0 Å². The number of carbonyl (C=O) groups excluding carboxylic acids is 2. The van der Waals surface area contributed by atoms with Gasteiger partial charge in [-0.05, 0) is 19.3 Å². The van der Waals surface area contributed by atoms with Gasteiger partial charge in [-0.1, -0.05) is 19.7 Å². The van der Waals surface area contributed by atoms with Crippen molar-refractivity contribution in [3.8, 4) is 0 Å². The Morgan fingerprint density at radius 1 is 1.64 bits per heavy atom. The van der Waals surface area contributed by atoms with Gasteiger partial charge in [0.2, 0.25) is 5.78 Å². The zero-order chi connectivity index (χ0) is 12.3. The molecule has 80 valence electrons. The van der Waals surface area contributed by atoms with Gasteiger partial charge in [0, 0.05) is 8.78 Å². The van der Waals surface area contributed by atoms with Crippen LogP contribution in [0.25, 0.3) is 0 Å². The molecule has 0 aliphatic heterocycles. The van der Waals surface area contributed by atoms with E-state index in [9.17, 15) is 9.59 Å². The largest absolute Gasteiger partial charge is 0.347 e. The van der Waals surface area contributed by atoms with E-state index in [1.165, 1.54) is 6.92 Å². The number of carbonyl (C=O) groups is 2. The summed E-state index contributed by atoms with van der Waals surface area (Å²) in [5.41, 5.74) is 5.54. The molecule has 0 bridgehead atoms. The third-order valence-corrected chi connectivity index (χ3v) is 2.18. The normalized spacial score (nSPS) is 20.7. The number of Topliss-reactive ketones (excluding diaryl/α,β-unsaturated/α-hetero) is 1. The van der Waals surface area contributed by atoms with E-state index < -0.39 is 24.1 Å². The number of nitrogens with two attached hydrogens (primary N) is 1. The molecule has 1 amide bonds. The Kier molecular flexibility index (Phi) is 3.06. The van der Waals surface area contributed by atoms with Crippen LogP contribution < -0.4 is 11.1 Å². The zero-order valence-electron chi connectivity index (χ0n) is 10.4. The van der Waals surface area contributed by atoms with Gasteiger partial charge < -0.3 is 11.1 Å². The predicted octanol–water partition coefficient (Wildman–Crippen LogP) is 0.352. The highest BCUT2D eigenvalue weighted by molar-refractivity contribution is 6.38. The lowest BCUT2D eigenvalue weighted by Gasteiger charge is -2.09. The summed E-state index contributed by atoms with van der Waals surface area (Å²) in [6.07, 6.45) is 0.861. The molecule has 4 heteroatoms. The number of hydrogen-bond donors (Lipinski definition) is 2. The number of nitrogens with one attached hydrogen (secondary N) is 1. The molecule has 1 saturated carbocycles. The van der Waals surface area contributed by atoms with Crippen LogP contribution in [0.4, 0.5) is 0 Å². The first-order valence-corrected chi connectivity index (χ1v) is 4.90. The van der Waals surface area contributed by atoms with Crippen LogP contribution in [0.3, 0.4) is 0 Å². The molecule has 1 fully saturated rings. The quantitative estimate of drug-likeness (QED) is 0.608. The van der Waals surface area contributed by atoms with Crippen molar-refractivity contribution in [3.63, 3.8) is 0 Å². The van der Waals surface area contributed by atoms with E-state index in [-0.39, 0.29) is 18.9 Å². The topological polar surface area (TPSA) is 72.2 Å². The molecule has 1 aliphatic carbocycles. The second-order valence-electron chi connectivity index (χ2n) is 3.61. The summed E-state index contributed by atoms with van der Waals surface area (Å²) >= 11 is 0. The summed E-state index contributed by atoms with van der Waals surface area (Å²) in [4.78, 5) is 22.8. The van der Waals surface area contributed by atoms with Crippen LogP contribution in [0.1, 0.15) is 41.7 Å². The highest BCUT2D eigenvalue weighted by atomic mass is 16.2. The molecule has 0 saturated heterocycles. The van der Waals surface area contributed by atoms with Gasteiger partial charge >= 0.3 is 0 Å². The number of hydrogen-bond acceptors (Lipinski definition) is 3. The monoisotopic (exact) mass is 200 g/mol. The molecule has 0 aromatic carbocycles. The van der Waals surface area contributed by atoms with Crippen LogP contribution in [0.2, 0.25) is 0 Å². The molecule has 1 atom stereocenters. The molecule has 0 aromatic heterocycles. The maximum absolute atomic E-state index is 11.5. The van der Waals surface area contributed by atoms with E-state index in [1.807, 2.05) is 0 Å². The lowest BCUT2D eigenvalue weighted by atomic mass is 10.1. The Hall–Kier alpha value is -0.900. The molecular weight excluding hydrogens is 180 g/mol. The van der Waals surface area contributed by atoms with Crippen molar-refractivity contribution in [2.75, 3.05) is 0 Å². The Bertz CT molecular complexity index is 285. The Balaban J connectivity index is 2.31. The Morgan fingerprint density at radius 2 is 2.29 bits per heavy atom. The first-order chi connectivity index (χ1) is 7.29. The van der Waals surface area contributed by atoms with E-state index in [1.54, 1.807) is 0 Å². The van der Waals surface area contributed by atoms with Gasteiger partial charge in [0.1, 0.15) is 0 Å². The minimum atomic E-state index is -1.36. The van der Waals surface area contributed by atoms with E-state index in [0.29, 0.717) is 0 Å². The molecule has 0 unspecified atom stereocenters. The average Bonchev–Trinajstić information content (AvgIpc) is 2.95. The lowest BCUT2D eigenvalue weighted by Crippen LogP contribution is -2.43.